The van der Waals surface area contributed by atoms with Crippen molar-refractivity contribution in [2.45, 2.75) is 31.3 Å². The molecule has 0 radical (unpaired) electrons. The van der Waals surface area contributed by atoms with Gasteiger partial charge < -0.3 is 30.6 Å². The Morgan fingerprint density at radius 2 is 2.17 bits per heavy atom. The van der Waals surface area contributed by atoms with E-state index in [1.54, 1.807) is 7.05 Å². The van der Waals surface area contributed by atoms with Crippen LogP contribution in [0.1, 0.15) is 12.8 Å². The van der Waals surface area contributed by atoms with Gasteiger partial charge in [0.1, 0.15) is 18.6 Å². The van der Waals surface area contributed by atoms with Crippen LogP contribution in [0.4, 0.5) is 4.39 Å². The zero-order valence-corrected chi connectivity index (χ0v) is 13.4. The second-order valence-electron chi connectivity index (χ2n) is 5.08. The van der Waals surface area contributed by atoms with Crippen LogP contribution < -0.4 is 16.4 Å². The number of hydrogen-bond acceptors (Lipinski definition) is 8. The minimum absolute atomic E-state index is 0.0564. The highest BCUT2D eigenvalue weighted by Crippen LogP contribution is 2.22. The molecule has 1 aliphatic rings. The first-order valence-electron chi connectivity index (χ1n) is 7.44. The summed E-state index contributed by atoms with van der Waals surface area (Å²) in [5.74, 6) is -1.41. The Labute approximate surface area is 139 Å². The first kappa shape index (κ1) is 19.8. The van der Waals surface area contributed by atoms with Gasteiger partial charge in [-0.15, -0.1) is 0 Å². The monoisotopic (exact) mass is 346 g/mol. The highest BCUT2D eigenvalue weighted by atomic mass is 19.1. The maximum absolute atomic E-state index is 13.7. The fourth-order valence-corrected chi connectivity index (χ4v) is 1.87. The summed E-state index contributed by atoms with van der Waals surface area (Å²) in [6, 6.07) is 0. The summed E-state index contributed by atoms with van der Waals surface area (Å²) >= 11 is 0. The van der Waals surface area contributed by atoms with E-state index >= 15 is 0 Å². The van der Waals surface area contributed by atoms with Crippen LogP contribution in [-0.2, 0) is 23.8 Å². The van der Waals surface area contributed by atoms with Crippen LogP contribution in [-0.4, -0.2) is 63.1 Å². The van der Waals surface area contributed by atoms with Crippen molar-refractivity contribution in [2.24, 2.45) is 5.73 Å². The molecule has 5 N–H and O–H groups in total. The Hall–Kier alpha value is -2.20. The van der Waals surface area contributed by atoms with E-state index in [9.17, 15) is 14.0 Å². The molecule has 1 fully saturated rings. The van der Waals surface area contributed by atoms with Gasteiger partial charge in [0.2, 0.25) is 0 Å². The molecule has 0 amide bonds. The van der Waals surface area contributed by atoms with Crippen LogP contribution in [0.25, 0.3) is 0 Å². The molecule has 0 spiro atoms. The van der Waals surface area contributed by atoms with E-state index in [1.165, 1.54) is 12.3 Å². The molecule has 9 nitrogen and oxygen atoms in total. The number of ether oxygens (including phenoxy) is 3. The van der Waals surface area contributed by atoms with Crippen LogP contribution in [0.5, 0.6) is 0 Å². The lowest BCUT2D eigenvalue weighted by atomic mass is 10.2. The van der Waals surface area contributed by atoms with Crippen molar-refractivity contribution in [3.05, 3.63) is 12.3 Å². The van der Waals surface area contributed by atoms with Crippen LogP contribution in [0.3, 0.4) is 0 Å². The van der Waals surface area contributed by atoms with E-state index in [0.29, 0.717) is 6.54 Å². The summed E-state index contributed by atoms with van der Waals surface area (Å²) < 4.78 is 28.7. The quantitative estimate of drug-likeness (QED) is 0.229. The largest absolute Gasteiger partial charge is 0.460 e. The average molecular weight is 346 g/mol. The summed E-state index contributed by atoms with van der Waals surface area (Å²) in [6.07, 6.45) is -0.00803. The van der Waals surface area contributed by atoms with Crippen molar-refractivity contribution in [1.29, 1.82) is 5.41 Å². The number of carbonyl (C=O) groups is 2. The predicted octanol–water partition coefficient (Wildman–Crippen LogP) is -0.825. The van der Waals surface area contributed by atoms with Crippen molar-refractivity contribution in [3.8, 4) is 0 Å². The molecule has 0 unspecified atom stereocenters. The molecule has 1 aliphatic heterocycles. The fourth-order valence-electron chi connectivity index (χ4n) is 1.87. The van der Waals surface area contributed by atoms with Gasteiger partial charge in [-0.05, 0) is 13.1 Å². The molecule has 0 aliphatic carbocycles. The Morgan fingerprint density at radius 1 is 1.42 bits per heavy atom. The number of halogens is 1. The van der Waals surface area contributed by atoms with Crippen LogP contribution in [0, 0.1) is 5.41 Å². The van der Waals surface area contributed by atoms with Gasteiger partial charge in [-0.3, -0.25) is 10.2 Å². The Kier molecular flexibility index (Phi) is 8.72. The summed E-state index contributed by atoms with van der Waals surface area (Å²) in [6.45, 7) is -0.173. The van der Waals surface area contributed by atoms with E-state index < -0.39 is 37.0 Å². The van der Waals surface area contributed by atoms with E-state index in [0.717, 1.165) is 0 Å². The summed E-state index contributed by atoms with van der Waals surface area (Å²) in [4.78, 5) is 22.7. The molecular weight excluding hydrogens is 323 g/mol. The lowest BCUT2D eigenvalue weighted by molar-refractivity contribution is -0.161. The van der Waals surface area contributed by atoms with Gasteiger partial charge in [-0.25, -0.2) is 9.18 Å². The maximum Gasteiger partial charge on any atom is 0.344 e. The van der Waals surface area contributed by atoms with Gasteiger partial charge in [0.15, 0.2) is 12.8 Å². The van der Waals surface area contributed by atoms with Crippen LogP contribution in [0.2, 0.25) is 0 Å². The smallest absolute Gasteiger partial charge is 0.344 e. The van der Waals surface area contributed by atoms with E-state index in [4.69, 9.17) is 25.4 Å². The van der Waals surface area contributed by atoms with Gasteiger partial charge in [-0.2, -0.15) is 0 Å². The number of rotatable bonds is 10. The molecule has 0 bridgehead atoms. The number of hydrogen-bond donors (Lipinski definition) is 4. The zero-order valence-electron chi connectivity index (χ0n) is 13.4. The van der Waals surface area contributed by atoms with Crippen molar-refractivity contribution in [2.75, 3.05) is 26.8 Å². The molecule has 0 saturated carbocycles. The van der Waals surface area contributed by atoms with Crippen molar-refractivity contribution >= 4 is 17.8 Å². The van der Waals surface area contributed by atoms with Gasteiger partial charge in [0.05, 0.1) is 12.5 Å². The van der Waals surface area contributed by atoms with E-state index in [1.807, 2.05) is 0 Å². The number of esters is 2. The van der Waals surface area contributed by atoms with Crippen molar-refractivity contribution in [3.63, 3.8) is 0 Å². The Morgan fingerprint density at radius 3 is 2.83 bits per heavy atom. The molecule has 0 aromatic carbocycles. The summed E-state index contributed by atoms with van der Waals surface area (Å²) in [7, 11) is 1.69. The van der Waals surface area contributed by atoms with E-state index in [2.05, 4.69) is 10.6 Å². The molecule has 0 aromatic heterocycles. The average Bonchev–Trinajstić information content (AvgIpc) is 2.88. The van der Waals surface area contributed by atoms with Crippen LogP contribution in [0.15, 0.2) is 12.3 Å². The molecule has 1 rings (SSSR count). The molecule has 10 heteroatoms. The first-order valence-corrected chi connectivity index (χ1v) is 7.44. The molecule has 24 heavy (non-hydrogen) atoms. The predicted molar refractivity (Wildman–Crippen MR) is 82.8 cm³/mol. The van der Waals surface area contributed by atoms with Gasteiger partial charge in [0.25, 0.3) is 0 Å². The second kappa shape index (κ2) is 10.6. The summed E-state index contributed by atoms with van der Waals surface area (Å²) in [5, 5.41) is 12.4. The molecular formula is C14H23FN4O5. The third-order valence-corrected chi connectivity index (χ3v) is 3.04. The zero-order chi connectivity index (χ0) is 17.9. The second-order valence-corrected chi connectivity index (χ2v) is 5.08. The number of amidine groups is 1. The maximum atomic E-state index is 13.7. The molecule has 1 heterocycles. The lowest BCUT2D eigenvalue weighted by Crippen LogP contribution is -2.32. The highest BCUT2D eigenvalue weighted by molar-refractivity contribution is 5.88. The fraction of sp³-hybridized carbons (Fsp3) is 0.643. The molecule has 136 valence electrons. The number of nitrogens with one attached hydrogen (secondary N) is 3. The Bertz CT molecular complexity index is 474. The van der Waals surface area contributed by atoms with Gasteiger partial charge in [-0.1, -0.05) is 0 Å². The van der Waals surface area contributed by atoms with Crippen LogP contribution >= 0.6 is 0 Å². The summed E-state index contributed by atoms with van der Waals surface area (Å²) in [5.41, 5.74) is 5.12. The van der Waals surface area contributed by atoms with Crippen molar-refractivity contribution in [1.82, 2.24) is 10.6 Å². The number of nitrogens with two attached hydrogens (primary N) is 1. The lowest BCUT2D eigenvalue weighted by Gasteiger charge is -2.14. The molecule has 1 saturated heterocycles. The molecule has 0 aromatic rings. The molecule has 3 atom stereocenters. The minimum Gasteiger partial charge on any atom is -0.460 e. The minimum atomic E-state index is -1.29. The standard InChI is InChI=1S/C14H23FN4O5/c1-18-4-3-12(20)23-8-13(21)22-7-9-6-10(15)14(24-9)19-5-2-11(16)17/h2,5,9-10,14,18-19H,3-4,6-8H2,1H3,(H3,16,17)/b5-2-/t9-,10-,14+/m0/s1. The highest BCUT2D eigenvalue weighted by Gasteiger charge is 2.35. The Balaban J connectivity index is 2.22. The first-order chi connectivity index (χ1) is 11.4. The third kappa shape index (κ3) is 7.88. The third-order valence-electron chi connectivity index (χ3n) is 3.04. The van der Waals surface area contributed by atoms with Gasteiger partial charge in [0, 0.05) is 19.2 Å². The number of carbonyl (C=O) groups excluding carboxylic acids is 2. The van der Waals surface area contributed by atoms with Gasteiger partial charge >= 0.3 is 11.9 Å². The topological polar surface area (TPSA) is 136 Å². The van der Waals surface area contributed by atoms with E-state index in [-0.39, 0.29) is 25.3 Å². The SMILES string of the molecule is CNCCC(=O)OCC(=O)OC[C@@H]1C[C@H](F)[C@H](N/C=C\C(=N)N)O1. The number of alkyl halides is 1. The normalized spacial score (nSPS) is 23.2. The van der Waals surface area contributed by atoms with Crippen molar-refractivity contribution < 1.29 is 28.2 Å².